The molecule has 0 aliphatic rings. The fraction of sp³-hybridized carbons (Fsp3) is 0. The molecule has 2 aromatic rings. The number of nitrogens with zero attached hydrogens (tertiary/aromatic N) is 2. The van der Waals surface area contributed by atoms with Gasteiger partial charge in [0.15, 0.2) is 11.6 Å². The van der Waals surface area contributed by atoms with Gasteiger partial charge < -0.3 is 0 Å². The second-order valence-corrected chi connectivity index (χ2v) is 3.84. The van der Waals surface area contributed by atoms with Crippen LogP contribution in [0, 0.1) is 11.6 Å². The first kappa shape index (κ1) is 16.4. The van der Waals surface area contributed by atoms with Crippen molar-refractivity contribution in [1.29, 1.82) is 0 Å². The van der Waals surface area contributed by atoms with E-state index in [2.05, 4.69) is 9.98 Å². The fourth-order valence-corrected chi connectivity index (χ4v) is 1.41. The number of hydrogen-bond donors (Lipinski definition) is 0. The minimum atomic E-state index is -0.867. The minimum Gasteiger partial charge on any atom is -0.211 e. The maximum Gasteiger partial charge on any atom is 0.240 e. The summed E-state index contributed by atoms with van der Waals surface area (Å²) in [5.41, 5.74) is -0.137. The van der Waals surface area contributed by atoms with Crippen molar-refractivity contribution in [1.82, 2.24) is 0 Å². The molecule has 0 aromatic heterocycles. The van der Waals surface area contributed by atoms with Crippen LogP contribution in [-0.4, -0.2) is 12.2 Å². The van der Waals surface area contributed by atoms with Gasteiger partial charge in [-0.25, -0.2) is 18.4 Å². The lowest BCUT2D eigenvalue weighted by Crippen LogP contribution is -1.80. The standard InChI is InChI=1S/C7H4ClNO.C7H3F2NO/c8-6-3-1-2-4-7(6)9-5-10;8-5-2-1-3-6(9)7(5)10-4-11/h1-4H;1-3H. The van der Waals surface area contributed by atoms with E-state index < -0.39 is 17.3 Å². The maximum atomic E-state index is 12.5. The maximum absolute atomic E-state index is 12.5. The molecule has 21 heavy (non-hydrogen) atoms. The van der Waals surface area contributed by atoms with E-state index in [1.807, 2.05) is 0 Å². The summed E-state index contributed by atoms with van der Waals surface area (Å²) >= 11 is 5.63. The smallest absolute Gasteiger partial charge is 0.211 e. The Hall–Kier alpha value is -2.65. The van der Waals surface area contributed by atoms with Crippen LogP contribution in [0.25, 0.3) is 0 Å². The molecule has 0 amide bonds. The molecule has 0 N–H and O–H groups in total. The summed E-state index contributed by atoms with van der Waals surface area (Å²) in [7, 11) is 0. The number of aliphatic imine (C=N–C) groups is 2. The predicted molar refractivity (Wildman–Crippen MR) is 73.4 cm³/mol. The van der Waals surface area contributed by atoms with E-state index in [1.54, 1.807) is 24.3 Å². The molecule has 0 radical (unpaired) electrons. The van der Waals surface area contributed by atoms with E-state index in [4.69, 9.17) is 11.6 Å². The summed E-state index contributed by atoms with van der Waals surface area (Å²) < 4.78 is 25.0. The molecule has 0 heterocycles. The largest absolute Gasteiger partial charge is 0.240 e. The molecule has 0 atom stereocenters. The number of isocyanates is 2. The highest BCUT2D eigenvalue weighted by molar-refractivity contribution is 6.33. The Bertz CT molecular complexity index is 704. The topological polar surface area (TPSA) is 58.9 Å². The molecule has 0 unspecified atom stereocenters. The van der Waals surface area contributed by atoms with Crippen molar-refractivity contribution in [3.63, 3.8) is 0 Å². The highest BCUT2D eigenvalue weighted by Crippen LogP contribution is 2.22. The molecule has 0 fully saturated rings. The molecule has 4 nitrogen and oxygen atoms in total. The monoisotopic (exact) mass is 308 g/mol. The van der Waals surface area contributed by atoms with Crippen LogP contribution in [0.5, 0.6) is 0 Å². The van der Waals surface area contributed by atoms with Crippen molar-refractivity contribution in [3.05, 3.63) is 59.1 Å². The fourth-order valence-electron chi connectivity index (χ4n) is 1.23. The van der Waals surface area contributed by atoms with Gasteiger partial charge in [-0.1, -0.05) is 29.8 Å². The van der Waals surface area contributed by atoms with Crippen LogP contribution < -0.4 is 0 Å². The van der Waals surface area contributed by atoms with E-state index in [9.17, 15) is 18.4 Å². The number of para-hydroxylation sites is 2. The molecule has 7 heteroatoms. The Morgan fingerprint density at radius 3 is 1.95 bits per heavy atom. The zero-order chi connectivity index (χ0) is 15.7. The van der Waals surface area contributed by atoms with Crippen LogP contribution in [0.1, 0.15) is 0 Å². The molecule has 0 aliphatic heterocycles. The normalized spacial score (nSPS) is 8.71. The van der Waals surface area contributed by atoms with Gasteiger partial charge in [0, 0.05) is 0 Å². The first-order chi connectivity index (χ1) is 10.1. The summed E-state index contributed by atoms with van der Waals surface area (Å²) in [6.45, 7) is 0. The average Bonchev–Trinajstić information content (AvgIpc) is 2.47. The van der Waals surface area contributed by atoms with E-state index in [-0.39, 0.29) is 0 Å². The summed E-state index contributed by atoms with van der Waals surface area (Å²) in [5, 5.41) is 0.464. The Morgan fingerprint density at radius 2 is 1.43 bits per heavy atom. The predicted octanol–water partition coefficient (Wildman–Crippen LogP) is 4.24. The van der Waals surface area contributed by atoms with Crippen LogP contribution in [0.3, 0.4) is 0 Å². The molecule has 0 saturated heterocycles. The lowest BCUT2D eigenvalue weighted by molar-refractivity contribution is 0.560. The van der Waals surface area contributed by atoms with Crippen molar-refractivity contribution < 1.29 is 18.4 Å². The third-order valence-electron chi connectivity index (χ3n) is 2.11. The Labute approximate surface area is 123 Å². The molecule has 0 aliphatic carbocycles. The summed E-state index contributed by atoms with van der Waals surface area (Å²) in [4.78, 5) is 25.6. The minimum absolute atomic E-state index is 0.458. The highest BCUT2D eigenvalue weighted by atomic mass is 35.5. The van der Waals surface area contributed by atoms with Gasteiger partial charge in [0.05, 0.1) is 10.7 Å². The van der Waals surface area contributed by atoms with Gasteiger partial charge in [0.2, 0.25) is 12.2 Å². The molecular weight excluding hydrogens is 302 g/mol. The van der Waals surface area contributed by atoms with Crippen molar-refractivity contribution >= 4 is 35.1 Å². The Kier molecular flexibility index (Phi) is 6.65. The van der Waals surface area contributed by atoms with E-state index >= 15 is 0 Å². The van der Waals surface area contributed by atoms with E-state index in [0.717, 1.165) is 18.2 Å². The number of hydrogen-bond acceptors (Lipinski definition) is 4. The first-order valence-electron chi connectivity index (χ1n) is 5.44. The van der Waals surface area contributed by atoms with Crippen LogP contribution in [0.4, 0.5) is 20.2 Å². The molecule has 0 bridgehead atoms. The molecule has 2 rings (SSSR count). The number of carbonyl (C=O) groups excluding carboxylic acids is 2. The SMILES string of the molecule is O=C=Nc1c(F)cccc1F.O=C=Nc1ccccc1Cl. The average molecular weight is 309 g/mol. The molecule has 0 spiro atoms. The number of benzene rings is 2. The van der Waals surface area contributed by atoms with Crippen LogP contribution in [-0.2, 0) is 9.59 Å². The van der Waals surface area contributed by atoms with Crippen molar-refractivity contribution in [3.8, 4) is 0 Å². The number of rotatable bonds is 2. The zero-order valence-corrected chi connectivity index (χ0v) is 11.1. The van der Waals surface area contributed by atoms with Crippen LogP contribution >= 0.6 is 11.6 Å². The van der Waals surface area contributed by atoms with E-state index in [1.165, 1.54) is 12.1 Å². The van der Waals surface area contributed by atoms with Crippen LogP contribution in [0.2, 0.25) is 5.02 Å². The zero-order valence-electron chi connectivity index (χ0n) is 10.4. The van der Waals surface area contributed by atoms with Gasteiger partial charge in [0.1, 0.15) is 5.69 Å². The van der Waals surface area contributed by atoms with Crippen molar-refractivity contribution in [2.45, 2.75) is 0 Å². The summed E-state index contributed by atoms with van der Waals surface area (Å²) in [5.74, 6) is -1.73. The summed E-state index contributed by atoms with van der Waals surface area (Å²) in [6, 6.07) is 10.0. The van der Waals surface area contributed by atoms with Gasteiger partial charge in [0.25, 0.3) is 0 Å². The Morgan fingerprint density at radius 1 is 0.857 bits per heavy atom. The van der Waals surface area contributed by atoms with Crippen LogP contribution in [0.15, 0.2) is 52.4 Å². The molecular formula is C14H7ClF2N2O2. The van der Waals surface area contributed by atoms with Gasteiger partial charge in [-0.2, -0.15) is 9.98 Å². The van der Waals surface area contributed by atoms with Crippen molar-refractivity contribution in [2.75, 3.05) is 0 Å². The van der Waals surface area contributed by atoms with Gasteiger partial charge >= 0.3 is 0 Å². The Balaban J connectivity index is 0.000000211. The van der Waals surface area contributed by atoms with E-state index in [0.29, 0.717) is 10.7 Å². The molecule has 2 aromatic carbocycles. The van der Waals surface area contributed by atoms with Crippen molar-refractivity contribution in [2.24, 2.45) is 9.98 Å². The number of halogens is 3. The first-order valence-corrected chi connectivity index (χ1v) is 5.82. The highest BCUT2D eigenvalue weighted by Gasteiger charge is 2.05. The third kappa shape index (κ3) is 5.09. The van der Waals surface area contributed by atoms with Gasteiger partial charge in [-0.05, 0) is 24.3 Å². The quantitative estimate of drug-likeness (QED) is 0.615. The lowest BCUT2D eigenvalue weighted by atomic mass is 10.3. The molecule has 0 saturated carbocycles. The van der Waals surface area contributed by atoms with Gasteiger partial charge in [-0.15, -0.1) is 0 Å². The second-order valence-electron chi connectivity index (χ2n) is 3.43. The second kappa shape index (κ2) is 8.51. The summed E-state index contributed by atoms with van der Waals surface area (Å²) in [6.07, 6.45) is 2.48. The lowest BCUT2D eigenvalue weighted by Gasteiger charge is -1.93. The molecule has 106 valence electrons. The van der Waals surface area contributed by atoms with Gasteiger partial charge in [-0.3, -0.25) is 0 Å². The third-order valence-corrected chi connectivity index (χ3v) is 2.43.